The number of amides is 1. The van der Waals surface area contributed by atoms with Crippen molar-refractivity contribution in [1.82, 2.24) is 15.6 Å². The van der Waals surface area contributed by atoms with Gasteiger partial charge >= 0.3 is 0 Å². The maximum absolute atomic E-state index is 12.2. The minimum atomic E-state index is 0. The zero-order valence-electron chi connectivity index (χ0n) is 15.4. The molecule has 1 aromatic carbocycles. The average Bonchev–Trinajstić information content (AvgIpc) is 3.20. The van der Waals surface area contributed by atoms with Gasteiger partial charge in [0.25, 0.3) is 0 Å². The summed E-state index contributed by atoms with van der Waals surface area (Å²) in [4.78, 5) is 16.5. The molecule has 2 N–H and O–H groups in total. The van der Waals surface area contributed by atoms with E-state index in [0.717, 1.165) is 24.2 Å². The van der Waals surface area contributed by atoms with Gasteiger partial charge in [-0.3, -0.25) is 4.79 Å². The summed E-state index contributed by atoms with van der Waals surface area (Å²) in [6, 6.07) is 9.66. The first-order valence-electron chi connectivity index (χ1n) is 9.23. The highest BCUT2D eigenvalue weighted by Crippen LogP contribution is 2.27. The molecular weight excluding hydrogens is 385 g/mol. The average molecular weight is 412 g/mol. The fourth-order valence-corrected chi connectivity index (χ4v) is 3.97. The van der Waals surface area contributed by atoms with Crippen LogP contribution in [0.25, 0.3) is 11.3 Å². The van der Waals surface area contributed by atoms with Crippen molar-refractivity contribution in [2.75, 3.05) is 0 Å². The summed E-state index contributed by atoms with van der Waals surface area (Å²) in [5.41, 5.74) is 2.23. The minimum Gasteiger partial charge on any atom is -0.441 e. The van der Waals surface area contributed by atoms with Crippen LogP contribution in [0.5, 0.6) is 0 Å². The van der Waals surface area contributed by atoms with Gasteiger partial charge in [-0.2, -0.15) is 0 Å². The molecule has 0 radical (unpaired) electrons. The van der Waals surface area contributed by atoms with Gasteiger partial charge in [-0.25, -0.2) is 4.98 Å². The first-order chi connectivity index (χ1) is 12.2. The lowest BCUT2D eigenvalue weighted by atomic mass is 9.99. The van der Waals surface area contributed by atoms with Gasteiger partial charge in [-0.05, 0) is 32.6 Å². The standard InChI is InChI=1S/C20H25N3O2.2ClH/c1-13-2-4-14(5-3-13)18-12-21-20(25-18)9-8-19(24)23-17-10-15-6-7-16(11-17)22-15;;/h2-5,12,15-17,22H,6-11H2,1H3,(H,23,24);2*1H. The first-order valence-corrected chi connectivity index (χ1v) is 9.23. The van der Waals surface area contributed by atoms with Crippen LogP contribution in [0.3, 0.4) is 0 Å². The Morgan fingerprint density at radius 2 is 1.85 bits per heavy atom. The van der Waals surface area contributed by atoms with Crippen LogP contribution < -0.4 is 10.6 Å². The number of halogens is 2. The fraction of sp³-hybridized carbons (Fsp3) is 0.500. The molecule has 2 aliphatic rings. The highest BCUT2D eigenvalue weighted by Gasteiger charge is 2.33. The number of carbonyl (C=O) groups excluding carboxylic acids is 1. The largest absolute Gasteiger partial charge is 0.441 e. The van der Waals surface area contributed by atoms with Crippen molar-refractivity contribution in [2.45, 2.75) is 63.6 Å². The van der Waals surface area contributed by atoms with E-state index in [-0.39, 0.29) is 30.7 Å². The summed E-state index contributed by atoms with van der Waals surface area (Å²) in [5.74, 6) is 1.47. The molecule has 3 heterocycles. The molecule has 27 heavy (non-hydrogen) atoms. The third kappa shape index (κ3) is 5.47. The quantitative estimate of drug-likeness (QED) is 0.784. The second-order valence-corrected chi connectivity index (χ2v) is 7.36. The van der Waals surface area contributed by atoms with Crippen molar-refractivity contribution in [3.63, 3.8) is 0 Å². The summed E-state index contributed by atoms with van der Waals surface area (Å²) < 4.78 is 5.79. The molecule has 2 atom stereocenters. The number of oxazole rings is 1. The van der Waals surface area contributed by atoms with Gasteiger partial charge in [0.15, 0.2) is 11.7 Å². The van der Waals surface area contributed by atoms with Gasteiger partial charge in [-0.1, -0.05) is 29.8 Å². The number of hydrogen-bond acceptors (Lipinski definition) is 4. The van der Waals surface area contributed by atoms with Gasteiger partial charge in [0, 0.05) is 36.5 Å². The van der Waals surface area contributed by atoms with Crippen LogP contribution in [0.15, 0.2) is 34.9 Å². The topological polar surface area (TPSA) is 67.2 Å². The molecule has 5 nitrogen and oxygen atoms in total. The zero-order chi connectivity index (χ0) is 17.2. The van der Waals surface area contributed by atoms with Crippen LogP contribution in [-0.4, -0.2) is 29.0 Å². The molecule has 148 valence electrons. The molecule has 0 saturated carbocycles. The molecule has 2 saturated heterocycles. The number of aromatic nitrogens is 1. The van der Waals surface area contributed by atoms with Crippen molar-refractivity contribution < 1.29 is 9.21 Å². The van der Waals surface area contributed by atoms with Crippen molar-refractivity contribution in [3.05, 3.63) is 41.9 Å². The van der Waals surface area contributed by atoms with E-state index in [1.54, 1.807) is 6.20 Å². The van der Waals surface area contributed by atoms with Gasteiger partial charge in [-0.15, -0.1) is 24.8 Å². The Balaban J connectivity index is 0.00000131. The third-order valence-corrected chi connectivity index (χ3v) is 5.29. The van der Waals surface area contributed by atoms with E-state index >= 15 is 0 Å². The second kappa shape index (κ2) is 9.58. The fourth-order valence-electron chi connectivity index (χ4n) is 3.97. The maximum Gasteiger partial charge on any atom is 0.220 e. The first kappa shape index (κ1) is 21.7. The molecule has 2 bridgehead atoms. The van der Waals surface area contributed by atoms with Gasteiger partial charge in [0.2, 0.25) is 5.91 Å². The Labute approximate surface area is 172 Å². The summed E-state index contributed by atoms with van der Waals surface area (Å²) in [7, 11) is 0. The number of nitrogens with one attached hydrogen (secondary N) is 2. The van der Waals surface area contributed by atoms with E-state index < -0.39 is 0 Å². The zero-order valence-corrected chi connectivity index (χ0v) is 17.1. The molecule has 0 spiro atoms. The molecule has 2 aliphatic heterocycles. The molecule has 2 fully saturated rings. The minimum absolute atomic E-state index is 0. The lowest BCUT2D eigenvalue weighted by molar-refractivity contribution is -0.122. The summed E-state index contributed by atoms with van der Waals surface area (Å²) >= 11 is 0. The normalized spacial score (nSPS) is 23.2. The van der Waals surface area contributed by atoms with E-state index in [0.29, 0.717) is 36.9 Å². The summed E-state index contributed by atoms with van der Waals surface area (Å²) in [6.45, 7) is 2.06. The van der Waals surface area contributed by atoms with E-state index in [1.165, 1.54) is 18.4 Å². The number of nitrogens with zero attached hydrogens (tertiary/aromatic N) is 1. The van der Waals surface area contributed by atoms with Crippen LogP contribution >= 0.6 is 24.8 Å². The van der Waals surface area contributed by atoms with Crippen LogP contribution in [0.1, 0.15) is 43.6 Å². The predicted molar refractivity (Wildman–Crippen MR) is 111 cm³/mol. The monoisotopic (exact) mass is 411 g/mol. The smallest absolute Gasteiger partial charge is 0.220 e. The highest BCUT2D eigenvalue weighted by atomic mass is 35.5. The Kier molecular flexibility index (Phi) is 7.71. The summed E-state index contributed by atoms with van der Waals surface area (Å²) in [6.07, 6.45) is 7.30. The Bertz CT molecular complexity index is 736. The maximum atomic E-state index is 12.2. The molecule has 0 aliphatic carbocycles. The molecule has 1 aromatic heterocycles. The molecule has 7 heteroatoms. The molecule has 4 rings (SSSR count). The van der Waals surface area contributed by atoms with Gasteiger partial charge < -0.3 is 15.1 Å². The lowest BCUT2D eigenvalue weighted by Crippen LogP contribution is -2.48. The van der Waals surface area contributed by atoms with Crippen LogP contribution in [-0.2, 0) is 11.2 Å². The molecular formula is C20H27Cl2N3O2. The second-order valence-electron chi connectivity index (χ2n) is 7.36. The van der Waals surface area contributed by atoms with E-state index in [2.05, 4.69) is 34.7 Å². The number of fused-ring (bicyclic) bond motifs is 2. The van der Waals surface area contributed by atoms with Crippen LogP contribution in [0, 0.1) is 6.92 Å². The van der Waals surface area contributed by atoms with Crippen molar-refractivity contribution >= 4 is 30.7 Å². The summed E-state index contributed by atoms with van der Waals surface area (Å²) in [5, 5.41) is 6.78. The Hall–Kier alpha value is -1.56. The predicted octanol–water partition coefficient (Wildman–Crippen LogP) is 3.83. The third-order valence-electron chi connectivity index (χ3n) is 5.29. The number of carbonyl (C=O) groups is 1. The highest BCUT2D eigenvalue weighted by molar-refractivity contribution is 5.85. The van der Waals surface area contributed by atoms with Crippen LogP contribution in [0.2, 0.25) is 0 Å². The van der Waals surface area contributed by atoms with E-state index in [1.807, 2.05) is 12.1 Å². The van der Waals surface area contributed by atoms with E-state index in [4.69, 9.17) is 4.42 Å². The molecule has 1 amide bonds. The van der Waals surface area contributed by atoms with Gasteiger partial charge in [0.1, 0.15) is 0 Å². The number of piperidine rings is 1. The van der Waals surface area contributed by atoms with Crippen molar-refractivity contribution in [3.8, 4) is 11.3 Å². The van der Waals surface area contributed by atoms with Crippen molar-refractivity contribution in [1.29, 1.82) is 0 Å². The lowest BCUT2D eigenvalue weighted by Gasteiger charge is -2.29. The Morgan fingerprint density at radius 1 is 1.19 bits per heavy atom. The Morgan fingerprint density at radius 3 is 2.52 bits per heavy atom. The number of hydrogen-bond donors (Lipinski definition) is 2. The number of rotatable bonds is 5. The van der Waals surface area contributed by atoms with Crippen molar-refractivity contribution in [2.24, 2.45) is 0 Å². The van der Waals surface area contributed by atoms with E-state index in [9.17, 15) is 4.79 Å². The molecule has 2 unspecified atom stereocenters. The van der Waals surface area contributed by atoms with Gasteiger partial charge in [0.05, 0.1) is 6.20 Å². The SMILES string of the molecule is Cc1ccc(-c2cnc(CCC(=O)NC3CC4CCC(C3)N4)o2)cc1.Cl.Cl. The molecule has 2 aromatic rings. The van der Waals surface area contributed by atoms with Crippen LogP contribution in [0.4, 0.5) is 0 Å². The number of aryl methyl sites for hydroxylation is 2. The number of benzene rings is 1.